The minimum atomic E-state index is 0.148. The molecule has 1 aliphatic carbocycles. The van der Waals surface area contributed by atoms with Gasteiger partial charge in [-0.25, -0.2) is 9.98 Å². The van der Waals surface area contributed by atoms with Crippen LogP contribution in [0.5, 0.6) is 0 Å². The second kappa shape index (κ2) is 3.86. The Balaban J connectivity index is 1.80. The largest absolute Gasteiger partial charge is 0.329 e. The van der Waals surface area contributed by atoms with Crippen LogP contribution >= 0.6 is 22.9 Å². The molecule has 1 spiro atoms. The first kappa shape index (κ1) is 10.8. The molecule has 0 unspecified atom stereocenters. The van der Waals surface area contributed by atoms with Crippen molar-refractivity contribution in [3.63, 3.8) is 0 Å². The SMILES string of the molecule is N#CNC1=NCC2(CC2)N1Cc1cnc(Cl)s1. The van der Waals surface area contributed by atoms with Crippen molar-refractivity contribution in [3.8, 4) is 6.19 Å². The van der Waals surface area contributed by atoms with Gasteiger partial charge in [0.1, 0.15) is 0 Å². The van der Waals surface area contributed by atoms with Crippen molar-refractivity contribution in [1.29, 1.82) is 5.26 Å². The molecule has 3 rings (SSSR count). The molecule has 1 aromatic rings. The van der Waals surface area contributed by atoms with E-state index in [0.29, 0.717) is 10.4 Å². The molecule has 1 aliphatic heterocycles. The summed E-state index contributed by atoms with van der Waals surface area (Å²) in [6.07, 6.45) is 6.00. The monoisotopic (exact) mass is 267 g/mol. The zero-order chi connectivity index (χ0) is 11.9. The summed E-state index contributed by atoms with van der Waals surface area (Å²) in [5.41, 5.74) is 0.148. The number of aliphatic imine (C=N–C) groups is 1. The molecule has 0 bridgehead atoms. The Bertz CT molecular complexity index is 513. The van der Waals surface area contributed by atoms with Gasteiger partial charge in [-0.2, -0.15) is 5.26 Å². The van der Waals surface area contributed by atoms with E-state index in [1.54, 1.807) is 6.20 Å². The topological polar surface area (TPSA) is 64.3 Å². The molecule has 1 aromatic heterocycles. The summed E-state index contributed by atoms with van der Waals surface area (Å²) in [4.78, 5) is 11.7. The maximum atomic E-state index is 8.71. The lowest BCUT2D eigenvalue weighted by molar-refractivity contribution is 0.313. The molecule has 0 atom stereocenters. The van der Waals surface area contributed by atoms with Crippen molar-refractivity contribution in [2.24, 2.45) is 4.99 Å². The highest BCUT2D eigenvalue weighted by Gasteiger charge is 2.52. The van der Waals surface area contributed by atoms with E-state index >= 15 is 0 Å². The molecule has 0 amide bonds. The zero-order valence-corrected chi connectivity index (χ0v) is 10.6. The van der Waals surface area contributed by atoms with E-state index in [1.807, 2.05) is 6.19 Å². The number of thiazole rings is 1. The standard InChI is InChI=1S/C10H10ClN5S/c11-8-13-3-7(17-8)4-16-9(15-6-12)14-5-10(16)1-2-10/h3H,1-2,4-5H2,(H,14,15). The average Bonchev–Trinajstić information content (AvgIpc) is 2.87. The maximum Gasteiger partial charge on any atom is 0.208 e. The molecule has 17 heavy (non-hydrogen) atoms. The van der Waals surface area contributed by atoms with Gasteiger partial charge in [0, 0.05) is 11.1 Å². The molecule has 5 nitrogen and oxygen atoms in total. The minimum Gasteiger partial charge on any atom is -0.329 e. The normalized spacial score (nSPS) is 20.2. The molecule has 0 saturated heterocycles. The Labute approximate surface area is 108 Å². The van der Waals surface area contributed by atoms with Crippen LogP contribution in [0, 0.1) is 11.5 Å². The summed E-state index contributed by atoms with van der Waals surface area (Å²) in [7, 11) is 0. The van der Waals surface area contributed by atoms with Crippen LogP contribution in [0.1, 0.15) is 17.7 Å². The van der Waals surface area contributed by atoms with Gasteiger partial charge in [0.15, 0.2) is 10.7 Å². The molecular weight excluding hydrogens is 258 g/mol. The summed E-state index contributed by atoms with van der Waals surface area (Å²) >= 11 is 7.29. The number of nitrogens with one attached hydrogen (secondary N) is 1. The maximum absolute atomic E-state index is 8.71. The van der Waals surface area contributed by atoms with E-state index in [2.05, 4.69) is 20.2 Å². The van der Waals surface area contributed by atoms with E-state index in [4.69, 9.17) is 16.9 Å². The Morgan fingerprint density at radius 2 is 2.47 bits per heavy atom. The highest BCUT2D eigenvalue weighted by Crippen LogP contribution is 2.45. The fraction of sp³-hybridized carbons (Fsp3) is 0.500. The van der Waals surface area contributed by atoms with Gasteiger partial charge in [-0.3, -0.25) is 5.32 Å². The van der Waals surface area contributed by atoms with Gasteiger partial charge in [-0.15, -0.1) is 11.3 Å². The molecule has 88 valence electrons. The highest BCUT2D eigenvalue weighted by atomic mass is 35.5. The van der Waals surface area contributed by atoms with Crippen molar-refractivity contribution in [2.75, 3.05) is 6.54 Å². The Morgan fingerprint density at radius 1 is 1.65 bits per heavy atom. The summed E-state index contributed by atoms with van der Waals surface area (Å²) in [5.74, 6) is 0.675. The molecule has 1 N–H and O–H groups in total. The third kappa shape index (κ3) is 1.85. The first-order valence-electron chi connectivity index (χ1n) is 5.31. The van der Waals surface area contributed by atoms with Crippen LogP contribution < -0.4 is 5.32 Å². The molecular formula is C10H10ClN5S. The Morgan fingerprint density at radius 3 is 3.06 bits per heavy atom. The number of aromatic nitrogens is 1. The number of rotatable bonds is 2. The molecule has 1 saturated carbocycles. The second-order valence-electron chi connectivity index (χ2n) is 4.27. The second-order valence-corrected chi connectivity index (χ2v) is 5.96. The smallest absolute Gasteiger partial charge is 0.208 e. The van der Waals surface area contributed by atoms with Gasteiger partial charge < -0.3 is 4.90 Å². The van der Waals surface area contributed by atoms with Crippen molar-refractivity contribution >= 4 is 28.9 Å². The molecule has 2 aliphatic rings. The van der Waals surface area contributed by atoms with E-state index in [9.17, 15) is 0 Å². The third-order valence-electron chi connectivity index (χ3n) is 3.19. The first-order chi connectivity index (χ1) is 8.23. The van der Waals surface area contributed by atoms with E-state index in [-0.39, 0.29) is 5.54 Å². The summed E-state index contributed by atoms with van der Waals surface area (Å²) in [6, 6.07) is 0. The van der Waals surface area contributed by atoms with Crippen LogP contribution in [-0.2, 0) is 6.54 Å². The zero-order valence-electron chi connectivity index (χ0n) is 8.98. The Kier molecular flexibility index (Phi) is 2.45. The van der Waals surface area contributed by atoms with E-state index in [1.165, 1.54) is 11.3 Å². The van der Waals surface area contributed by atoms with Crippen molar-refractivity contribution in [2.45, 2.75) is 24.9 Å². The Hall–Kier alpha value is -1.32. The quantitative estimate of drug-likeness (QED) is 0.653. The summed E-state index contributed by atoms with van der Waals surface area (Å²) in [6.45, 7) is 1.50. The predicted molar refractivity (Wildman–Crippen MR) is 65.7 cm³/mol. The van der Waals surface area contributed by atoms with Gasteiger partial charge in [-0.1, -0.05) is 11.6 Å². The van der Waals surface area contributed by atoms with Gasteiger partial charge in [0.2, 0.25) is 5.96 Å². The van der Waals surface area contributed by atoms with E-state index in [0.717, 1.165) is 30.8 Å². The summed E-state index contributed by atoms with van der Waals surface area (Å²) < 4.78 is 0.552. The number of hydrogen-bond donors (Lipinski definition) is 1. The lowest BCUT2D eigenvalue weighted by Gasteiger charge is -2.26. The van der Waals surface area contributed by atoms with E-state index < -0.39 is 0 Å². The van der Waals surface area contributed by atoms with Crippen molar-refractivity contribution in [1.82, 2.24) is 15.2 Å². The van der Waals surface area contributed by atoms with Crippen molar-refractivity contribution < 1.29 is 0 Å². The summed E-state index contributed by atoms with van der Waals surface area (Å²) in [5, 5.41) is 11.4. The van der Waals surface area contributed by atoms with Crippen LogP contribution in [0.3, 0.4) is 0 Å². The molecule has 0 aromatic carbocycles. The number of hydrogen-bond acceptors (Lipinski definition) is 6. The number of nitriles is 1. The third-order valence-corrected chi connectivity index (χ3v) is 4.29. The number of nitrogens with zero attached hydrogens (tertiary/aromatic N) is 4. The molecule has 7 heteroatoms. The van der Waals surface area contributed by atoms with Crippen LogP contribution in [0.4, 0.5) is 0 Å². The highest BCUT2D eigenvalue weighted by molar-refractivity contribution is 7.15. The predicted octanol–water partition coefficient (Wildman–Crippen LogP) is 1.57. The lowest BCUT2D eigenvalue weighted by atomic mass is 10.2. The fourth-order valence-corrected chi connectivity index (χ4v) is 3.07. The molecule has 2 heterocycles. The van der Waals surface area contributed by atoms with Gasteiger partial charge in [0.05, 0.1) is 18.6 Å². The molecule has 1 fully saturated rings. The van der Waals surface area contributed by atoms with Crippen LogP contribution in [0.2, 0.25) is 4.47 Å². The average molecular weight is 268 g/mol. The van der Waals surface area contributed by atoms with Crippen LogP contribution in [-0.4, -0.2) is 27.9 Å². The van der Waals surface area contributed by atoms with Crippen LogP contribution in [0.25, 0.3) is 0 Å². The van der Waals surface area contributed by atoms with Gasteiger partial charge >= 0.3 is 0 Å². The number of guanidine groups is 1. The molecule has 0 radical (unpaired) electrons. The van der Waals surface area contributed by atoms with Crippen LogP contribution in [0.15, 0.2) is 11.2 Å². The van der Waals surface area contributed by atoms with Gasteiger partial charge in [-0.05, 0) is 12.8 Å². The minimum absolute atomic E-state index is 0.148. The van der Waals surface area contributed by atoms with Gasteiger partial charge in [0.25, 0.3) is 0 Å². The first-order valence-corrected chi connectivity index (χ1v) is 6.50. The number of halogens is 1. The van der Waals surface area contributed by atoms with Crippen molar-refractivity contribution in [3.05, 3.63) is 15.5 Å². The lowest BCUT2D eigenvalue weighted by Crippen LogP contribution is -2.42. The fourth-order valence-electron chi connectivity index (χ4n) is 2.10.